The lowest BCUT2D eigenvalue weighted by Gasteiger charge is -2.16. The van der Waals surface area contributed by atoms with Gasteiger partial charge >= 0.3 is 0 Å². The third-order valence-electron chi connectivity index (χ3n) is 2.47. The van der Waals surface area contributed by atoms with Crippen LogP contribution in [0.2, 0.25) is 0 Å². The highest BCUT2D eigenvalue weighted by Gasteiger charge is 2.10. The molecule has 1 amide bonds. The number of hydrogen-bond acceptors (Lipinski definition) is 3. The van der Waals surface area contributed by atoms with Gasteiger partial charge in [-0.15, -0.1) is 11.3 Å². The molecular formula is C13H14N2OS. The fourth-order valence-electron chi connectivity index (χ4n) is 1.55. The van der Waals surface area contributed by atoms with Crippen molar-refractivity contribution in [3.63, 3.8) is 0 Å². The number of rotatable bonds is 4. The average Bonchev–Trinajstić information content (AvgIpc) is 2.83. The van der Waals surface area contributed by atoms with Gasteiger partial charge in [0.05, 0.1) is 6.42 Å². The Bertz CT molecular complexity index is 467. The molecule has 0 saturated heterocycles. The largest absolute Gasteiger partial charge is 0.341 e. The Balaban J connectivity index is 1.92. The van der Waals surface area contributed by atoms with Crippen LogP contribution in [0.5, 0.6) is 0 Å². The summed E-state index contributed by atoms with van der Waals surface area (Å²) in [4.78, 5) is 18.8. The van der Waals surface area contributed by atoms with Crippen molar-refractivity contribution in [3.8, 4) is 0 Å². The van der Waals surface area contributed by atoms with Crippen molar-refractivity contribution in [1.82, 2.24) is 9.88 Å². The number of pyridine rings is 1. The molecule has 2 aromatic rings. The lowest BCUT2D eigenvalue weighted by molar-refractivity contribution is -0.129. The third-order valence-corrected chi connectivity index (χ3v) is 3.35. The SMILES string of the molecule is CN(Cc1cccnc1)C(=O)Cc1cccs1. The van der Waals surface area contributed by atoms with Crippen molar-refractivity contribution in [2.75, 3.05) is 7.05 Å². The molecule has 17 heavy (non-hydrogen) atoms. The maximum absolute atomic E-state index is 11.9. The Morgan fingerprint density at radius 2 is 2.29 bits per heavy atom. The topological polar surface area (TPSA) is 33.2 Å². The van der Waals surface area contributed by atoms with Crippen molar-refractivity contribution in [1.29, 1.82) is 0 Å². The van der Waals surface area contributed by atoms with Gasteiger partial charge in [0.2, 0.25) is 5.91 Å². The van der Waals surface area contributed by atoms with Crippen molar-refractivity contribution in [3.05, 3.63) is 52.5 Å². The van der Waals surface area contributed by atoms with Gasteiger partial charge in [0.15, 0.2) is 0 Å². The second-order valence-corrected chi connectivity index (χ2v) is 4.90. The summed E-state index contributed by atoms with van der Waals surface area (Å²) in [7, 11) is 1.82. The maximum Gasteiger partial charge on any atom is 0.227 e. The fraction of sp³-hybridized carbons (Fsp3) is 0.231. The van der Waals surface area contributed by atoms with Gasteiger partial charge in [0.1, 0.15) is 0 Å². The predicted octanol–water partition coefficient (Wildman–Crippen LogP) is 2.34. The van der Waals surface area contributed by atoms with Crippen molar-refractivity contribution in [2.24, 2.45) is 0 Å². The molecule has 0 bridgehead atoms. The Hall–Kier alpha value is -1.68. The summed E-state index contributed by atoms with van der Waals surface area (Å²) < 4.78 is 0. The Morgan fingerprint density at radius 3 is 2.94 bits per heavy atom. The molecule has 2 aromatic heterocycles. The minimum atomic E-state index is 0.135. The molecule has 3 nitrogen and oxygen atoms in total. The first-order valence-corrected chi connectivity index (χ1v) is 6.29. The molecule has 0 fully saturated rings. The van der Waals surface area contributed by atoms with Gasteiger partial charge in [0, 0.05) is 30.9 Å². The molecule has 0 aliphatic rings. The number of carbonyl (C=O) groups excluding carboxylic acids is 1. The van der Waals surface area contributed by atoms with Crippen LogP contribution in [-0.2, 0) is 17.8 Å². The van der Waals surface area contributed by atoms with Crippen LogP contribution >= 0.6 is 11.3 Å². The number of amides is 1. The minimum Gasteiger partial charge on any atom is -0.341 e. The number of likely N-dealkylation sites (N-methyl/N-ethyl adjacent to an activating group) is 1. The van der Waals surface area contributed by atoms with Gasteiger partial charge in [-0.25, -0.2) is 0 Å². The molecule has 0 radical (unpaired) electrons. The predicted molar refractivity (Wildman–Crippen MR) is 68.7 cm³/mol. The van der Waals surface area contributed by atoms with E-state index in [1.165, 1.54) is 0 Å². The lowest BCUT2D eigenvalue weighted by Crippen LogP contribution is -2.27. The van der Waals surface area contributed by atoms with Crippen LogP contribution in [0.25, 0.3) is 0 Å². The van der Waals surface area contributed by atoms with E-state index >= 15 is 0 Å². The van der Waals surface area contributed by atoms with Crippen LogP contribution in [0.4, 0.5) is 0 Å². The summed E-state index contributed by atoms with van der Waals surface area (Å²) >= 11 is 1.62. The quantitative estimate of drug-likeness (QED) is 0.829. The molecular weight excluding hydrogens is 232 g/mol. The highest BCUT2D eigenvalue weighted by molar-refractivity contribution is 7.10. The summed E-state index contributed by atoms with van der Waals surface area (Å²) in [5, 5.41) is 1.99. The minimum absolute atomic E-state index is 0.135. The first-order valence-electron chi connectivity index (χ1n) is 5.41. The zero-order chi connectivity index (χ0) is 12.1. The van der Waals surface area contributed by atoms with E-state index in [9.17, 15) is 4.79 Å². The van der Waals surface area contributed by atoms with E-state index in [0.29, 0.717) is 13.0 Å². The number of carbonyl (C=O) groups is 1. The highest BCUT2D eigenvalue weighted by Crippen LogP contribution is 2.11. The first-order chi connectivity index (χ1) is 8.25. The molecule has 0 saturated carbocycles. The van der Waals surface area contributed by atoms with Crippen molar-refractivity contribution >= 4 is 17.2 Å². The Labute approximate surface area is 105 Å². The van der Waals surface area contributed by atoms with Gasteiger partial charge in [-0.1, -0.05) is 12.1 Å². The molecule has 2 heterocycles. The van der Waals surface area contributed by atoms with Crippen LogP contribution in [-0.4, -0.2) is 22.8 Å². The second-order valence-electron chi connectivity index (χ2n) is 3.87. The summed E-state index contributed by atoms with van der Waals surface area (Å²) in [6, 6.07) is 7.81. The van der Waals surface area contributed by atoms with E-state index in [1.807, 2.05) is 36.7 Å². The number of nitrogens with zero attached hydrogens (tertiary/aromatic N) is 2. The molecule has 0 aliphatic heterocycles. The van der Waals surface area contributed by atoms with Gasteiger partial charge in [-0.05, 0) is 23.1 Å². The fourth-order valence-corrected chi connectivity index (χ4v) is 2.25. The van der Waals surface area contributed by atoms with E-state index in [2.05, 4.69) is 4.98 Å². The van der Waals surface area contributed by atoms with Crippen LogP contribution in [0.1, 0.15) is 10.4 Å². The number of thiophene rings is 1. The molecule has 88 valence electrons. The van der Waals surface area contributed by atoms with Gasteiger partial charge in [-0.2, -0.15) is 0 Å². The van der Waals surface area contributed by atoms with Gasteiger partial charge in [0.25, 0.3) is 0 Å². The highest BCUT2D eigenvalue weighted by atomic mass is 32.1. The van der Waals surface area contributed by atoms with E-state index in [4.69, 9.17) is 0 Å². The van der Waals surface area contributed by atoms with Crippen LogP contribution in [0.3, 0.4) is 0 Å². The summed E-state index contributed by atoms with van der Waals surface area (Å²) in [5.74, 6) is 0.135. The number of aromatic nitrogens is 1. The summed E-state index contributed by atoms with van der Waals surface area (Å²) in [5.41, 5.74) is 1.05. The van der Waals surface area contributed by atoms with Crippen LogP contribution < -0.4 is 0 Å². The Morgan fingerprint density at radius 1 is 1.41 bits per heavy atom. The van der Waals surface area contributed by atoms with Gasteiger partial charge in [-0.3, -0.25) is 9.78 Å². The van der Waals surface area contributed by atoms with Crippen molar-refractivity contribution < 1.29 is 4.79 Å². The summed E-state index contributed by atoms with van der Waals surface area (Å²) in [6.45, 7) is 0.609. The molecule has 0 atom stereocenters. The standard InChI is InChI=1S/C13H14N2OS/c1-15(10-11-4-2-6-14-9-11)13(16)8-12-5-3-7-17-12/h2-7,9H,8,10H2,1H3. The monoisotopic (exact) mass is 246 g/mol. The number of hydrogen-bond donors (Lipinski definition) is 0. The van der Waals surface area contributed by atoms with Crippen LogP contribution in [0, 0.1) is 0 Å². The first kappa shape index (κ1) is 11.8. The zero-order valence-electron chi connectivity index (χ0n) is 9.67. The second kappa shape index (κ2) is 5.59. The van der Waals surface area contributed by atoms with E-state index < -0.39 is 0 Å². The van der Waals surface area contributed by atoms with E-state index in [1.54, 1.807) is 28.6 Å². The molecule has 0 unspecified atom stereocenters. The van der Waals surface area contributed by atoms with Crippen LogP contribution in [0.15, 0.2) is 42.0 Å². The summed E-state index contributed by atoms with van der Waals surface area (Å²) in [6.07, 6.45) is 4.00. The molecule has 0 aliphatic carbocycles. The van der Waals surface area contributed by atoms with Gasteiger partial charge < -0.3 is 4.90 Å². The Kier molecular flexibility index (Phi) is 3.88. The van der Waals surface area contributed by atoms with E-state index in [-0.39, 0.29) is 5.91 Å². The lowest BCUT2D eigenvalue weighted by atomic mass is 10.2. The molecule has 2 rings (SSSR count). The smallest absolute Gasteiger partial charge is 0.227 e. The average molecular weight is 246 g/mol. The van der Waals surface area contributed by atoms with Crippen molar-refractivity contribution in [2.45, 2.75) is 13.0 Å². The maximum atomic E-state index is 11.9. The molecule has 0 aromatic carbocycles. The zero-order valence-corrected chi connectivity index (χ0v) is 10.5. The molecule has 0 N–H and O–H groups in total. The molecule has 0 spiro atoms. The molecule has 4 heteroatoms. The third kappa shape index (κ3) is 3.39. The normalized spacial score (nSPS) is 10.2. The van der Waals surface area contributed by atoms with E-state index in [0.717, 1.165) is 10.4 Å².